The van der Waals surface area contributed by atoms with Crippen LogP contribution in [0.4, 0.5) is 17.1 Å². The quantitative estimate of drug-likeness (QED) is 0.0665. The predicted octanol–water partition coefficient (Wildman–Crippen LogP) is 7.32. The number of carbonyl (C=O) groups excluding carboxylic acids is 1. The van der Waals surface area contributed by atoms with Crippen molar-refractivity contribution >= 4 is 46.6 Å². The van der Waals surface area contributed by atoms with Gasteiger partial charge in [-0.1, -0.05) is 71.7 Å². The highest BCUT2D eigenvalue weighted by Gasteiger charge is 2.17. The number of benzene rings is 4. The van der Waals surface area contributed by atoms with Gasteiger partial charge < -0.3 is 15.9 Å². The van der Waals surface area contributed by atoms with Crippen LogP contribution in [0.5, 0.6) is 0 Å². The number of hydrogen-bond acceptors (Lipinski definition) is 7. The van der Waals surface area contributed by atoms with Gasteiger partial charge in [0.25, 0.3) is 0 Å². The third kappa shape index (κ3) is 8.07. The molecular weight excluding hydrogens is 581 g/mol. The molecule has 4 aromatic rings. The Balaban J connectivity index is 1.20. The van der Waals surface area contributed by atoms with E-state index in [0.29, 0.717) is 32.7 Å². The third-order valence-corrected chi connectivity index (χ3v) is 8.37. The summed E-state index contributed by atoms with van der Waals surface area (Å²) in [5.74, 6) is 0. The number of piperazine rings is 1. The van der Waals surface area contributed by atoms with Gasteiger partial charge in [-0.05, 0) is 59.5 Å². The molecule has 1 fully saturated rings. The van der Waals surface area contributed by atoms with E-state index in [1.165, 1.54) is 11.1 Å². The minimum Gasteiger partial charge on any atom is -0.397 e. The number of nitrogens with zero attached hydrogens (tertiary/aromatic N) is 2. The van der Waals surface area contributed by atoms with Crippen LogP contribution in [0.15, 0.2) is 78.9 Å². The van der Waals surface area contributed by atoms with Gasteiger partial charge in [-0.3, -0.25) is 20.0 Å². The fraction of sp³-hybridized carbons (Fsp3) is 0.265. The minimum absolute atomic E-state index is 0.395. The summed E-state index contributed by atoms with van der Waals surface area (Å²) in [6.45, 7) is 9.98. The maximum atomic E-state index is 11.2. The summed E-state index contributed by atoms with van der Waals surface area (Å²) in [4.78, 5) is 16.2. The normalized spacial score (nSPS) is 14.0. The van der Waals surface area contributed by atoms with E-state index in [9.17, 15) is 4.79 Å². The van der Waals surface area contributed by atoms with Crippen molar-refractivity contribution in [3.05, 3.63) is 100 Å². The van der Waals surface area contributed by atoms with E-state index in [0.717, 1.165) is 75.5 Å². The lowest BCUT2D eigenvalue weighted by Crippen LogP contribution is -2.46. The first-order valence-corrected chi connectivity index (χ1v) is 15.3. The molecule has 0 aromatic heterocycles. The molecule has 0 aliphatic carbocycles. The van der Waals surface area contributed by atoms with E-state index in [4.69, 9.17) is 33.7 Å². The molecule has 0 saturated carbocycles. The molecule has 43 heavy (non-hydrogen) atoms. The lowest BCUT2D eigenvalue weighted by Gasteiger charge is -2.34. The Morgan fingerprint density at radius 3 is 2.14 bits per heavy atom. The molecule has 1 heterocycles. The molecule has 1 aliphatic heterocycles. The highest BCUT2D eigenvalue weighted by atomic mass is 35.5. The Kier molecular flexibility index (Phi) is 10.6. The number of nitrogens with two attached hydrogens (primary N) is 1. The molecular formula is C34H37Cl2N5O2. The summed E-state index contributed by atoms with van der Waals surface area (Å²) in [5.41, 5.74) is 20.1. The van der Waals surface area contributed by atoms with Crippen LogP contribution < -0.4 is 16.6 Å². The molecule has 1 saturated heterocycles. The third-order valence-electron chi connectivity index (χ3n) is 7.71. The van der Waals surface area contributed by atoms with Gasteiger partial charge in [0.15, 0.2) is 6.29 Å². The molecule has 5 rings (SSSR count). The average molecular weight is 619 g/mol. The Morgan fingerprint density at radius 1 is 0.814 bits per heavy atom. The first-order chi connectivity index (χ1) is 20.9. The Hall–Kier alpha value is -3.59. The number of rotatable bonds is 12. The SMILES string of the molecule is CCOCCN1CCN(Cc2ccc(-c3ccc(-c4cc(NNc5ccc(Cl)c(C=O)c5)c(N)cc4Cl)cc3)cc2)CC1. The van der Waals surface area contributed by atoms with Crippen LogP contribution in [0.2, 0.25) is 10.0 Å². The number of nitrogens with one attached hydrogen (secondary N) is 2. The minimum atomic E-state index is 0.395. The molecule has 9 heteroatoms. The van der Waals surface area contributed by atoms with Crippen molar-refractivity contribution in [3.63, 3.8) is 0 Å². The van der Waals surface area contributed by atoms with Gasteiger partial charge in [0.1, 0.15) is 0 Å². The zero-order valence-corrected chi connectivity index (χ0v) is 25.8. The Morgan fingerprint density at radius 2 is 1.47 bits per heavy atom. The van der Waals surface area contributed by atoms with Crippen LogP contribution in [0, 0.1) is 0 Å². The first-order valence-electron chi connectivity index (χ1n) is 14.5. The molecule has 0 radical (unpaired) electrons. The molecule has 1 aliphatic rings. The molecule has 0 amide bonds. The van der Waals surface area contributed by atoms with Gasteiger partial charge in [0, 0.05) is 57.0 Å². The van der Waals surface area contributed by atoms with Crippen molar-refractivity contribution < 1.29 is 9.53 Å². The number of aldehydes is 1. The predicted molar refractivity (Wildman–Crippen MR) is 179 cm³/mol. The number of ether oxygens (including phenoxy) is 1. The van der Waals surface area contributed by atoms with Crippen LogP contribution in [0.1, 0.15) is 22.8 Å². The highest BCUT2D eigenvalue weighted by molar-refractivity contribution is 6.34. The zero-order valence-electron chi connectivity index (χ0n) is 24.3. The second-order valence-electron chi connectivity index (χ2n) is 10.6. The monoisotopic (exact) mass is 617 g/mol. The number of nitrogen functional groups attached to an aromatic ring is 1. The van der Waals surface area contributed by atoms with Gasteiger partial charge >= 0.3 is 0 Å². The van der Waals surface area contributed by atoms with Crippen molar-refractivity contribution in [2.24, 2.45) is 0 Å². The fourth-order valence-electron chi connectivity index (χ4n) is 5.18. The van der Waals surface area contributed by atoms with Gasteiger partial charge in [0.05, 0.1) is 33.7 Å². The summed E-state index contributed by atoms with van der Waals surface area (Å²) in [7, 11) is 0. The van der Waals surface area contributed by atoms with Crippen molar-refractivity contribution in [3.8, 4) is 22.3 Å². The summed E-state index contributed by atoms with van der Waals surface area (Å²) < 4.78 is 5.50. The number of hydrogen-bond donors (Lipinski definition) is 3. The van der Waals surface area contributed by atoms with Crippen LogP contribution >= 0.6 is 23.2 Å². The Labute approximate surface area is 263 Å². The van der Waals surface area contributed by atoms with E-state index in [1.54, 1.807) is 24.3 Å². The molecule has 7 nitrogen and oxygen atoms in total. The molecule has 0 bridgehead atoms. The first kappa shape index (κ1) is 30.9. The molecule has 224 valence electrons. The van der Waals surface area contributed by atoms with Crippen molar-refractivity contribution in [2.75, 3.05) is 62.5 Å². The number of anilines is 3. The topological polar surface area (TPSA) is 82.9 Å². The van der Waals surface area contributed by atoms with E-state index in [2.05, 4.69) is 69.2 Å². The summed E-state index contributed by atoms with van der Waals surface area (Å²) in [6, 6.07) is 25.9. The van der Waals surface area contributed by atoms with Crippen LogP contribution in [0.25, 0.3) is 22.3 Å². The largest absolute Gasteiger partial charge is 0.397 e. The second kappa shape index (κ2) is 14.7. The van der Waals surface area contributed by atoms with E-state index >= 15 is 0 Å². The fourth-order valence-corrected chi connectivity index (χ4v) is 5.62. The smallest absolute Gasteiger partial charge is 0.151 e. The maximum absolute atomic E-state index is 11.2. The van der Waals surface area contributed by atoms with E-state index in [1.807, 2.05) is 13.0 Å². The number of halogens is 2. The molecule has 0 unspecified atom stereocenters. The summed E-state index contributed by atoms with van der Waals surface area (Å²) in [5, 5.41) is 0.955. The number of hydrazine groups is 1. The van der Waals surface area contributed by atoms with Crippen LogP contribution in [0.3, 0.4) is 0 Å². The van der Waals surface area contributed by atoms with Crippen LogP contribution in [-0.2, 0) is 11.3 Å². The average Bonchev–Trinajstić information content (AvgIpc) is 3.03. The standard InChI is InChI=1S/C34H37Cl2N5O2/c1-2-43-18-17-40-13-15-41(16-14-40)22-24-3-5-25(6-4-24)26-7-9-27(10-8-26)30-20-34(33(37)21-32(30)36)39-38-29-11-12-31(35)28(19-29)23-42/h3-12,19-21,23,38-39H,2,13-18,22,37H2,1H3. The number of carbonyl (C=O) groups is 1. The molecule has 4 aromatic carbocycles. The lowest BCUT2D eigenvalue weighted by molar-refractivity contribution is 0.0786. The zero-order chi connectivity index (χ0) is 30.2. The Bertz CT molecular complexity index is 1520. The molecule has 0 atom stereocenters. The highest BCUT2D eigenvalue weighted by Crippen LogP contribution is 2.35. The molecule has 0 spiro atoms. The summed E-state index contributed by atoms with van der Waals surface area (Å²) in [6.07, 6.45) is 0.717. The molecule has 4 N–H and O–H groups in total. The van der Waals surface area contributed by atoms with E-state index in [-0.39, 0.29) is 0 Å². The van der Waals surface area contributed by atoms with Gasteiger partial charge in [-0.25, -0.2) is 0 Å². The lowest BCUT2D eigenvalue weighted by atomic mass is 9.99. The van der Waals surface area contributed by atoms with Crippen LogP contribution in [-0.4, -0.2) is 62.0 Å². The van der Waals surface area contributed by atoms with Crippen molar-refractivity contribution in [1.82, 2.24) is 9.80 Å². The van der Waals surface area contributed by atoms with Gasteiger partial charge in [-0.2, -0.15) is 0 Å². The van der Waals surface area contributed by atoms with Crippen molar-refractivity contribution in [1.29, 1.82) is 0 Å². The second-order valence-corrected chi connectivity index (χ2v) is 11.4. The van der Waals surface area contributed by atoms with Gasteiger partial charge in [-0.15, -0.1) is 0 Å². The maximum Gasteiger partial charge on any atom is 0.151 e. The summed E-state index contributed by atoms with van der Waals surface area (Å²) >= 11 is 12.6. The van der Waals surface area contributed by atoms with Gasteiger partial charge in [0.2, 0.25) is 0 Å². The van der Waals surface area contributed by atoms with Crippen molar-refractivity contribution in [2.45, 2.75) is 13.5 Å². The van der Waals surface area contributed by atoms with E-state index < -0.39 is 0 Å².